The van der Waals surface area contributed by atoms with E-state index in [4.69, 9.17) is 10.5 Å². The standard InChI is InChI=1S/C13H15N3O2S/c1-7-8(2)19-13(15-7)16-12(17)9-4-5-10(14)11(6-9)18-3/h4-6H,14H2,1-3H3,(H,15,16,17). The van der Waals surface area contributed by atoms with Gasteiger partial charge in [0.15, 0.2) is 5.13 Å². The molecule has 0 radical (unpaired) electrons. The molecule has 0 saturated carbocycles. The number of carbonyl (C=O) groups excluding carboxylic acids is 1. The highest BCUT2D eigenvalue weighted by atomic mass is 32.1. The Hall–Kier alpha value is -2.08. The minimum absolute atomic E-state index is 0.230. The van der Waals surface area contributed by atoms with E-state index in [1.165, 1.54) is 18.4 Å². The summed E-state index contributed by atoms with van der Waals surface area (Å²) in [5.41, 5.74) is 7.62. The summed E-state index contributed by atoms with van der Waals surface area (Å²) in [6, 6.07) is 4.91. The van der Waals surface area contributed by atoms with Crippen LogP contribution in [0.25, 0.3) is 0 Å². The zero-order valence-electron chi connectivity index (χ0n) is 11.0. The molecule has 1 amide bonds. The molecule has 0 aliphatic carbocycles. The van der Waals surface area contributed by atoms with Crippen molar-refractivity contribution in [1.29, 1.82) is 0 Å². The van der Waals surface area contributed by atoms with E-state index in [0.717, 1.165) is 10.6 Å². The van der Waals surface area contributed by atoms with Gasteiger partial charge in [-0.05, 0) is 32.0 Å². The zero-order valence-corrected chi connectivity index (χ0v) is 11.8. The molecule has 2 aromatic rings. The molecule has 0 aliphatic heterocycles. The molecule has 0 saturated heterocycles. The second-order valence-corrected chi connectivity index (χ2v) is 5.27. The van der Waals surface area contributed by atoms with E-state index in [1.807, 2.05) is 13.8 Å². The Morgan fingerprint density at radius 1 is 1.42 bits per heavy atom. The lowest BCUT2D eigenvalue weighted by Crippen LogP contribution is -2.12. The molecule has 2 rings (SSSR count). The topological polar surface area (TPSA) is 77.2 Å². The van der Waals surface area contributed by atoms with Gasteiger partial charge in [0.05, 0.1) is 18.5 Å². The second-order valence-electron chi connectivity index (χ2n) is 4.07. The van der Waals surface area contributed by atoms with Crippen LogP contribution in [0.3, 0.4) is 0 Å². The fraction of sp³-hybridized carbons (Fsp3) is 0.231. The van der Waals surface area contributed by atoms with Crippen LogP contribution < -0.4 is 15.8 Å². The number of nitrogens with zero attached hydrogens (tertiary/aromatic N) is 1. The monoisotopic (exact) mass is 277 g/mol. The summed E-state index contributed by atoms with van der Waals surface area (Å²) in [7, 11) is 1.51. The van der Waals surface area contributed by atoms with Crippen LogP contribution in [0.4, 0.5) is 10.8 Å². The number of nitrogen functional groups attached to an aromatic ring is 1. The van der Waals surface area contributed by atoms with E-state index < -0.39 is 0 Å². The molecule has 1 aromatic carbocycles. The number of hydrogen-bond donors (Lipinski definition) is 2. The van der Waals surface area contributed by atoms with Crippen molar-refractivity contribution in [3.63, 3.8) is 0 Å². The third-order valence-electron chi connectivity index (χ3n) is 2.74. The van der Waals surface area contributed by atoms with Gasteiger partial charge < -0.3 is 10.5 Å². The highest BCUT2D eigenvalue weighted by Crippen LogP contribution is 2.24. The number of thiazole rings is 1. The van der Waals surface area contributed by atoms with E-state index in [1.54, 1.807) is 18.2 Å². The number of carbonyl (C=O) groups is 1. The lowest BCUT2D eigenvalue weighted by molar-refractivity contribution is 0.102. The summed E-state index contributed by atoms with van der Waals surface area (Å²) in [5, 5.41) is 3.36. The summed E-state index contributed by atoms with van der Waals surface area (Å²) in [6.07, 6.45) is 0. The zero-order chi connectivity index (χ0) is 14.0. The van der Waals surface area contributed by atoms with Crippen LogP contribution >= 0.6 is 11.3 Å². The number of nitrogens with two attached hydrogens (primary N) is 1. The Labute approximate surface area is 115 Å². The first-order valence-electron chi connectivity index (χ1n) is 5.70. The van der Waals surface area contributed by atoms with Gasteiger partial charge in [0.1, 0.15) is 5.75 Å². The molecule has 0 fully saturated rings. The number of anilines is 2. The van der Waals surface area contributed by atoms with Crippen LogP contribution in [-0.4, -0.2) is 18.0 Å². The molecule has 0 unspecified atom stereocenters. The van der Waals surface area contributed by atoms with Crippen LogP contribution in [-0.2, 0) is 0 Å². The molecule has 0 atom stereocenters. The summed E-state index contributed by atoms with van der Waals surface area (Å²) in [4.78, 5) is 17.4. The van der Waals surface area contributed by atoms with Crippen LogP contribution in [0.1, 0.15) is 20.9 Å². The minimum atomic E-state index is -0.230. The van der Waals surface area contributed by atoms with Crippen LogP contribution in [0, 0.1) is 13.8 Å². The van der Waals surface area contributed by atoms with Gasteiger partial charge in [-0.1, -0.05) is 0 Å². The molecule has 1 heterocycles. The summed E-state index contributed by atoms with van der Waals surface area (Å²) >= 11 is 1.45. The Morgan fingerprint density at radius 3 is 2.74 bits per heavy atom. The number of aromatic nitrogens is 1. The lowest BCUT2D eigenvalue weighted by atomic mass is 10.2. The van der Waals surface area contributed by atoms with E-state index in [9.17, 15) is 4.79 Å². The minimum Gasteiger partial charge on any atom is -0.495 e. The van der Waals surface area contributed by atoms with E-state index in [2.05, 4.69) is 10.3 Å². The third kappa shape index (κ3) is 2.85. The predicted octanol–water partition coefficient (Wildman–Crippen LogP) is 2.60. The van der Waals surface area contributed by atoms with E-state index >= 15 is 0 Å². The maximum Gasteiger partial charge on any atom is 0.257 e. The SMILES string of the molecule is COc1cc(C(=O)Nc2nc(C)c(C)s2)ccc1N. The molecule has 6 heteroatoms. The van der Waals surface area contributed by atoms with Crippen molar-refractivity contribution >= 4 is 28.1 Å². The molecule has 3 N–H and O–H groups in total. The number of ether oxygens (including phenoxy) is 1. The molecule has 0 aliphatic rings. The lowest BCUT2D eigenvalue weighted by Gasteiger charge is -2.07. The fourth-order valence-corrected chi connectivity index (χ4v) is 2.36. The van der Waals surface area contributed by atoms with Gasteiger partial charge in [-0.2, -0.15) is 0 Å². The molecule has 0 bridgehead atoms. The first kappa shape index (κ1) is 13.4. The molecule has 1 aromatic heterocycles. The maximum atomic E-state index is 12.1. The predicted molar refractivity (Wildman–Crippen MR) is 76.9 cm³/mol. The maximum absolute atomic E-state index is 12.1. The molecule has 19 heavy (non-hydrogen) atoms. The molecule has 100 valence electrons. The number of methoxy groups -OCH3 is 1. The van der Waals surface area contributed by atoms with Gasteiger partial charge in [-0.3, -0.25) is 10.1 Å². The van der Waals surface area contributed by atoms with Gasteiger partial charge in [0, 0.05) is 10.4 Å². The molecular formula is C13H15N3O2S. The van der Waals surface area contributed by atoms with Gasteiger partial charge >= 0.3 is 0 Å². The number of benzene rings is 1. The fourth-order valence-electron chi connectivity index (χ4n) is 1.55. The van der Waals surface area contributed by atoms with E-state index in [-0.39, 0.29) is 5.91 Å². The first-order valence-corrected chi connectivity index (χ1v) is 6.52. The largest absolute Gasteiger partial charge is 0.495 e. The van der Waals surface area contributed by atoms with Gasteiger partial charge in [0.25, 0.3) is 5.91 Å². The Kier molecular flexibility index (Phi) is 3.71. The molecule has 5 nitrogen and oxygen atoms in total. The van der Waals surface area contributed by atoms with Crippen molar-refractivity contribution in [2.75, 3.05) is 18.2 Å². The quantitative estimate of drug-likeness (QED) is 0.845. The number of hydrogen-bond acceptors (Lipinski definition) is 5. The van der Waals surface area contributed by atoms with Crippen LogP contribution in [0.5, 0.6) is 5.75 Å². The van der Waals surface area contributed by atoms with Crippen LogP contribution in [0.2, 0.25) is 0 Å². The molecular weight excluding hydrogens is 262 g/mol. The first-order chi connectivity index (χ1) is 9.01. The van der Waals surface area contributed by atoms with E-state index in [0.29, 0.717) is 22.1 Å². The van der Waals surface area contributed by atoms with Gasteiger partial charge in [-0.15, -0.1) is 11.3 Å². The van der Waals surface area contributed by atoms with Crippen molar-refractivity contribution in [2.45, 2.75) is 13.8 Å². The highest BCUT2D eigenvalue weighted by molar-refractivity contribution is 7.15. The van der Waals surface area contributed by atoms with Crippen molar-refractivity contribution in [3.05, 3.63) is 34.3 Å². The Bertz CT molecular complexity index is 603. The summed E-state index contributed by atoms with van der Waals surface area (Å²) in [5.74, 6) is 0.256. The van der Waals surface area contributed by atoms with Gasteiger partial charge in [-0.25, -0.2) is 4.98 Å². The van der Waals surface area contributed by atoms with Crippen LogP contribution in [0.15, 0.2) is 18.2 Å². The van der Waals surface area contributed by atoms with Crippen molar-refractivity contribution in [1.82, 2.24) is 4.98 Å². The van der Waals surface area contributed by atoms with Gasteiger partial charge in [0.2, 0.25) is 0 Å². The third-order valence-corrected chi connectivity index (χ3v) is 3.73. The average Bonchev–Trinajstić information content (AvgIpc) is 2.68. The normalized spacial score (nSPS) is 10.3. The number of nitrogens with one attached hydrogen (secondary N) is 1. The Balaban J connectivity index is 2.20. The highest BCUT2D eigenvalue weighted by Gasteiger charge is 2.11. The Morgan fingerprint density at radius 2 is 2.16 bits per heavy atom. The summed E-state index contributed by atoms with van der Waals surface area (Å²) < 4.78 is 5.09. The number of amides is 1. The number of aryl methyl sites for hydroxylation is 2. The van der Waals surface area contributed by atoms with Crippen molar-refractivity contribution < 1.29 is 9.53 Å². The molecule has 0 spiro atoms. The average molecular weight is 277 g/mol. The number of rotatable bonds is 3. The second kappa shape index (κ2) is 5.27. The van der Waals surface area contributed by atoms with Crippen molar-refractivity contribution in [3.8, 4) is 5.75 Å². The summed E-state index contributed by atoms with van der Waals surface area (Å²) in [6.45, 7) is 3.88. The van der Waals surface area contributed by atoms with Crippen molar-refractivity contribution in [2.24, 2.45) is 0 Å². The smallest absolute Gasteiger partial charge is 0.257 e.